The molecule has 0 unspecified atom stereocenters. The molecule has 0 spiro atoms. The number of carboxylic acids is 1. The quantitative estimate of drug-likeness (QED) is 0.478. The highest BCUT2D eigenvalue weighted by Crippen LogP contribution is 2.50. The van der Waals surface area contributed by atoms with E-state index in [4.69, 9.17) is 5.11 Å². The Morgan fingerprint density at radius 3 is 1.90 bits per heavy atom. The van der Waals surface area contributed by atoms with Gasteiger partial charge < -0.3 is 10.0 Å². The number of rotatable bonds is 9. The van der Waals surface area contributed by atoms with E-state index in [0.29, 0.717) is 13.0 Å². The zero-order chi connectivity index (χ0) is 21.7. The Kier molecular flexibility index (Phi) is 6.17. The summed E-state index contributed by atoms with van der Waals surface area (Å²) in [6.07, 6.45) is 3.50. The van der Waals surface area contributed by atoms with Crippen LogP contribution in [0.3, 0.4) is 0 Å². The summed E-state index contributed by atoms with van der Waals surface area (Å²) in [5, 5.41) is 8.81. The summed E-state index contributed by atoms with van der Waals surface area (Å²) >= 11 is 0. The number of carbonyl (C=O) groups excluding carboxylic acids is 1. The van der Waals surface area contributed by atoms with Gasteiger partial charge in [0.2, 0.25) is 5.91 Å². The maximum atomic E-state index is 14.1. The van der Waals surface area contributed by atoms with Crippen LogP contribution >= 0.6 is 0 Å². The molecule has 31 heavy (non-hydrogen) atoms. The van der Waals surface area contributed by atoms with Crippen molar-refractivity contribution in [3.05, 3.63) is 102 Å². The first kappa shape index (κ1) is 20.9. The first-order chi connectivity index (χ1) is 15.2. The van der Waals surface area contributed by atoms with Crippen LogP contribution < -0.4 is 4.90 Å². The van der Waals surface area contributed by atoms with E-state index in [-0.39, 0.29) is 12.3 Å². The number of para-hydroxylation sites is 1. The van der Waals surface area contributed by atoms with Crippen LogP contribution in [0.25, 0.3) is 0 Å². The number of anilines is 1. The molecule has 158 valence electrons. The van der Waals surface area contributed by atoms with Gasteiger partial charge in [-0.25, -0.2) is 0 Å². The molecule has 0 aliphatic carbocycles. The number of carbonyl (C=O) groups is 2. The predicted molar refractivity (Wildman–Crippen MR) is 122 cm³/mol. The van der Waals surface area contributed by atoms with E-state index in [1.54, 1.807) is 0 Å². The molecule has 4 rings (SSSR count). The number of benzene rings is 3. The van der Waals surface area contributed by atoms with Crippen molar-refractivity contribution in [3.8, 4) is 0 Å². The number of carboxylic acid groups (broad SMARTS) is 1. The lowest BCUT2D eigenvalue weighted by Gasteiger charge is -2.30. The van der Waals surface area contributed by atoms with Gasteiger partial charge in [0.25, 0.3) is 0 Å². The van der Waals surface area contributed by atoms with Crippen molar-refractivity contribution in [3.63, 3.8) is 0 Å². The van der Waals surface area contributed by atoms with Crippen molar-refractivity contribution >= 4 is 17.6 Å². The van der Waals surface area contributed by atoms with Crippen molar-refractivity contribution in [1.29, 1.82) is 0 Å². The summed E-state index contributed by atoms with van der Waals surface area (Å²) in [5.74, 6) is -0.671. The molecule has 0 atom stereocenters. The summed E-state index contributed by atoms with van der Waals surface area (Å²) in [4.78, 5) is 26.8. The third-order valence-corrected chi connectivity index (χ3v) is 6.10. The Balaban J connectivity index is 1.69. The minimum absolute atomic E-state index is 0.0802. The van der Waals surface area contributed by atoms with Gasteiger partial charge in [-0.05, 0) is 30.0 Å². The number of hydrogen-bond donors (Lipinski definition) is 1. The van der Waals surface area contributed by atoms with E-state index in [1.165, 1.54) is 0 Å². The van der Waals surface area contributed by atoms with Gasteiger partial charge in [0, 0.05) is 24.2 Å². The van der Waals surface area contributed by atoms with E-state index in [0.717, 1.165) is 41.6 Å². The molecule has 1 aliphatic heterocycles. The molecule has 0 bridgehead atoms. The third-order valence-electron chi connectivity index (χ3n) is 6.10. The summed E-state index contributed by atoms with van der Waals surface area (Å²) < 4.78 is 0. The molecule has 3 aromatic rings. The van der Waals surface area contributed by atoms with Crippen molar-refractivity contribution in [1.82, 2.24) is 0 Å². The molecule has 1 aliphatic rings. The lowest BCUT2D eigenvalue weighted by Crippen LogP contribution is -2.42. The number of hydrogen-bond acceptors (Lipinski definition) is 2. The van der Waals surface area contributed by atoms with Crippen molar-refractivity contribution in [2.24, 2.45) is 0 Å². The highest BCUT2D eigenvalue weighted by molar-refractivity contribution is 6.12. The van der Waals surface area contributed by atoms with Crippen molar-refractivity contribution in [2.45, 2.75) is 37.5 Å². The van der Waals surface area contributed by atoms with Gasteiger partial charge in [-0.1, -0.05) is 91.7 Å². The summed E-state index contributed by atoms with van der Waals surface area (Å²) in [7, 11) is 0. The van der Waals surface area contributed by atoms with E-state index in [1.807, 2.05) is 83.8 Å². The molecule has 3 aromatic carbocycles. The van der Waals surface area contributed by atoms with Crippen molar-refractivity contribution < 1.29 is 14.7 Å². The zero-order valence-corrected chi connectivity index (χ0v) is 17.5. The monoisotopic (exact) mass is 413 g/mol. The number of amides is 1. The van der Waals surface area contributed by atoms with Crippen LogP contribution in [0.2, 0.25) is 0 Å². The van der Waals surface area contributed by atoms with E-state index in [9.17, 15) is 9.59 Å². The maximum absolute atomic E-state index is 14.1. The SMILES string of the molecule is O=C(O)CCCCCCN1C(=O)C(c2ccccc2)(c2ccccc2)c2ccccc21. The molecule has 0 saturated heterocycles. The lowest BCUT2D eigenvalue weighted by molar-refractivity contribution is -0.137. The average molecular weight is 414 g/mol. The smallest absolute Gasteiger partial charge is 0.303 e. The summed E-state index contributed by atoms with van der Waals surface area (Å²) in [5.41, 5.74) is 3.07. The fraction of sp³-hybridized carbons (Fsp3) is 0.259. The topological polar surface area (TPSA) is 57.6 Å². The number of aliphatic carboxylic acids is 1. The second-order valence-electron chi connectivity index (χ2n) is 8.01. The molecule has 0 aromatic heterocycles. The molecule has 1 amide bonds. The van der Waals surface area contributed by atoms with Gasteiger partial charge in [-0.15, -0.1) is 0 Å². The van der Waals surface area contributed by atoms with Crippen LogP contribution in [0.4, 0.5) is 5.69 Å². The average Bonchev–Trinajstić information content (AvgIpc) is 3.05. The van der Waals surface area contributed by atoms with E-state index >= 15 is 0 Å². The van der Waals surface area contributed by atoms with Gasteiger partial charge in [0.1, 0.15) is 5.41 Å². The molecular weight excluding hydrogens is 386 g/mol. The Morgan fingerprint density at radius 2 is 1.29 bits per heavy atom. The van der Waals surface area contributed by atoms with Gasteiger partial charge in [-0.3, -0.25) is 9.59 Å². The maximum Gasteiger partial charge on any atom is 0.303 e. The first-order valence-electron chi connectivity index (χ1n) is 10.9. The Labute approximate surface area is 183 Å². The molecule has 0 radical (unpaired) electrons. The van der Waals surface area contributed by atoms with E-state index < -0.39 is 11.4 Å². The van der Waals surface area contributed by atoms with E-state index in [2.05, 4.69) is 6.07 Å². The normalized spacial score (nSPS) is 14.5. The lowest BCUT2D eigenvalue weighted by atomic mass is 9.70. The van der Waals surface area contributed by atoms with Crippen LogP contribution in [-0.4, -0.2) is 23.5 Å². The minimum atomic E-state index is -0.859. The fourth-order valence-corrected chi connectivity index (χ4v) is 4.68. The molecule has 1 heterocycles. The Hall–Kier alpha value is -3.40. The second kappa shape index (κ2) is 9.17. The molecular formula is C27H27NO3. The number of fused-ring (bicyclic) bond motifs is 1. The first-order valence-corrected chi connectivity index (χ1v) is 10.9. The number of unbranched alkanes of at least 4 members (excludes halogenated alkanes) is 3. The van der Waals surface area contributed by atoms with Gasteiger partial charge in [-0.2, -0.15) is 0 Å². The van der Waals surface area contributed by atoms with Crippen molar-refractivity contribution in [2.75, 3.05) is 11.4 Å². The largest absolute Gasteiger partial charge is 0.481 e. The van der Waals surface area contributed by atoms with Gasteiger partial charge in [0.15, 0.2) is 0 Å². The molecule has 1 N–H and O–H groups in total. The fourth-order valence-electron chi connectivity index (χ4n) is 4.68. The van der Waals surface area contributed by atoms with Crippen LogP contribution in [-0.2, 0) is 15.0 Å². The Bertz CT molecular complexity index is 1010. The highest BCUT2D eigenvalue weighted by Gasteiger charge is 2.52. The molecule has 4 nitrogen and oxygen atoms in total. The van der Waals surface area contributed by atoms with Crippen LogP contribution in [0.15, 0.2) is 84.9 Å². The minimum Gasteiger partial charge on any atom is -0.481 e. The van der Waals surface area contributed by atoms with Crippen LogP contribution in [0, 0.1) is 0 Å². The van der Waals surface area contributed by atoms with Gasteiger partial charge >= 0.3 is 5.97 Å². The highest BCUT2D eigenvalue weighted by atomic mass is 16.4. The van der Waals surface area contributed by atoms with Gasteiger partial charge in [0.05, 0.1) is 0 Å². The summed E-state index contributed by atoms with van der Waals surface area (Å²) in [6, 6.07) is 28.1. The Morgan fingerprint density at radius 1 is 0.742 bits per heavy atom. The van der Waals surface area contributed by atoms with Crippen LogP contribution in [0.1, 0.15) is 48.8 Å². The standard InChI is InChI=1S/C27H27NO3/c29-25(30)19-9-1-2-12-20-28-24-18-11-10-17-23(24)27(26(28)31,21-13-5-3-6-14-21)22-15-7-4-8-16-22/h3-8,10-11,13-18H,1-2,9,12,19-20H2,(H,29,30). The summed E-state index contributed by atoms with van der Waals surface area (Å²) in [6.45, 7) is 0.629. The molecule has 0 saturated carbocycles. The number of nitrogens with zero attached hydrogens (tertiary/aromatic N) is 1. The molecule has 0 fully saturated rings. The van der Waals surface area contributed by atoms with Crippen LogP contribution in [0.5, 0.6) is 0 Å². The third kappa shape index (κ3) is 3.86. The predicted octanol–water partition coefficient (Wildman–Crippen LogP) is 5.40. The zero-order valence-electron chi connectivity index (χ0n) is 17.5. The second-order valence-corrected chi connectivity index (χ2v) is 8.01. The molecule has 4 heteroatoms.